The minimum Gasteiger partial charge on any atom is -0.493 e. The number of halogens is 5. The Morgan fingerprint density at radius 1 is 0.754 bits per heavy atom. The molecule has 9 rings (SSSR count). The molecule has 65 heavy (non-hydrogen) atoms. The molecule has 330 valence electrons. The molecule has 6 heterocycles. The lowest BCUT2D eigenvalue weighted by Crippen LogP contribution is -2.22. The number of alkyl halides is 3. The van der Waals surface area contributed by atoms with Crippen LogP contribution in [0.3, 0.4) is 0 Å². The van der Waals surface area contributed by atoms with E-state index in [1.54, 1.807) is 54.6 Å². The van der Waals surface area contributed by atoms with Crippen LogP contribution in [0.4, 0.5) is 30.4 Å². The Kier molecular flexibility index (Phi) is 12.5. The number of aromatic hydroxyl groups is 2. The molecular formula is C41H30Cl2F3N13O5S. The molecule has 0 saturated heterocycles. The van der Waals surface area contributed by atoms with Gasteiger partial charge in [0.2, 0.25) is 11.8 Å². The average molecular weight is 945 g/mol. The predicted molar refractivity (Wildman–Crippen MR) is 234 cm³/mol. The average Bonchev–Trinajstić information content (AvgIpc) is 4.02. The molecule has 0 bridgehead atoms. The maximum atomic E-state index is 13.4. The van der Waals surface area contributed by atoms with Crippen molar-refractivity contribution in [3.8, 4) is 11.8 Å². The van der Waals surface area contributed by atoms with Crippen LogP contribution in [0.5, 0.6) is 11.8 Å². The molecule has 0 aliphatic rings. The molecule has 24 heteroatoms. The Hall–Kier alpha value is -7.82. The zero-order valence-electron chi connectivity index (χ0n) is 32.9. The Balaban J connectivity index is 0.000000178. The van der Waals surface area contributed by atoms with Gasteiger partial charge in [-0.1, -0.05) is 65.7 Å². The first-order chi connectivity index (χ1) is 31.1. The number of anilines is 2. The Bertz CT molecular complexity index is 3630. The second-order valence-electron chi connectivity index (χ2n) is 13.7. The van der Waals surface area contributed by atoms with Crippen molar-refractivity contribution in [3.05, 3.63) is 173 Å². The molecule has 1 atom stereocenters. The minimum atomic E-state index is -4.51. The zero-order valence-corrected chi connectivity index (χ0v) is 35.2. The summed E-state index contributed by atoms with van der Waals surface area (Å²) in [6.07, 6.45) is 1.23. The number of hydrogen-bond donors (Lipinski definition) is 7. The van der Waals surface area contributed by atoms with Crippen LogP contribution in [0.1, 0.15) is 17.0 Å². The summed E-state index contributed by atoms with van der Waals surface area (Å²) < 4.78 is 54.2. The predicted octanol–water partition coefficient (Wildman–Crippen LogP) is 4.05. The number of nitrogens with zero attached hydrogens (tertiary/aromatic N) is 8. The molecule has 7 N–H and O–H groups in total. The smallest absolute Gasteiger partial charge is 0.408 e. The van der Waals surface area contributed by atoms with E-state index in [1.165, 1.54) is 35.1 Å². The van der Waals surface area contributed by atoms with E-state index in [1.807, 2.05) is 30.3 Å². The lowest BCUT2D eigenvalue weighted by molar-refractivity contribution is -0.118. The van der Waals surface area contributed by atoms with E-state index >= 15 is 0 Å². The highest BCUT2D eigenvalue weighted by Gasteiger charge is 2.26. The first-order valence-electron chi connectivity index (χ1n) is 18.8. The lowest BCUT2D eigenvalue weighted by Gasteiger charge is -2.07. The second kappa shape index (κ2) is 18.5. The normalized spacial score (nSPS) is 13.4. The standard InChI is InChI=1S/C23H17ClN6O3S.C18H13ClF3N7O2/c24-16-7-4-8-17(10-16)26-19-11-20(34(33)13-14-5-2-1-3-6-14)30-21(28-19)15(12-25-30)9-18-22(31)29-23(32)27-18;19-10-2-1-3-11(5-10)25-13-6-14(23-8-18(20,21)22)29-15(27-13)9(7-24-29)4-12-16(30)28-17(31)26-12/h1-12,31H,13H2,(H2,27,29,32);1-7,25,30H,8H2,(H2,26,28,31). The van der Waals surface area contributed by atoms with Crippen LogP contribution < -0.4 is 38.1 Å². The van der Waals surface area contributed by atoms with Crippen LogP contribution in [-0.2, 0) is 16.6 Å². The van der Waals surface area contributed by atoms with E-state index in [0.29, 0.717) is 48.0 Å². The fraction of sp³-hybridized carbons (Fsp3) is 0.0732. The quantitative estimate of drug-likeness (QED) is 0.102. The number of aromatic nitrogens is 10. The van der Waals surface area contributed by atoms with Gasteiger partial charge in [-0.25, -0.2) is 29.1 Å². The number of H-pyrrole nitrogens is 4. The van der Waals surface area contributed by atoms with Crippen molar-refractivity contribution < 1.29 is 27.6 Å². The fourth-order valence-corrected chi connectivity index (χ4v) is 7.74. The third-order valence-electron chi connectivity index (χ3n) is 8.95. The van der Waals surface area contributed by atoms with Crippen LogP contribution in [0.25, 0.3) is 23.4 Å². The summed E-state index contributed by atoms with van der Waals surface area (Å²) in [5.41, 5.74) is 1.83. The summed E-state index contributed by atoms with van der Waals surface area (Å²) in [7, 11) is -1.47. The van der Waals surface area contributed by atoms with E-state index in [-0.39, 0.29) is 40.0 Å². The molecule has 0 amide bonds. The highest BCUT2D eigenvalue weighted by Crippen LogP contribution is 2.20. The summed E-state index contributed by atoms with van der Waals surface area (Å²) in [5, 5.41) is 33.3. The maximum absolute atomic E-state index is 13.4. The van der Waals surface area contributed by atoms with Gasteiger partial charge >= 0.3 is 17.6 Å². The Labute approximate surface area is 373 Å². The molecule has 0 saturated carbocycles. The molecule has 0 spiro atoms. The van der Waals surface area contributed by atoms with Gasteiger partial charge in [0, 0.05) is 38.3 Å². The minimum absolute atomic E-state index is 0.0590. The van der Waals surface area contributed by atoms with Gasteiger partial charge in [-0.2, -0.15) is 27.9 Å². The van der Waals surface area contributed by atoms with Crippen molar-refractivity contribution in [2.75, 3.05) is 11.9 Å². The highest BCUT2D eigenvalue weighted by atomic mass is 35.5. The molecule has 6 aromatic heterocycles. The number of nitrogens with one attached hydrogen (secondary N) is 5. The van der Waals surface area contributed by atoms with Gasteiger partial charge in [-0.05, 0) is 54.1 Å². The number of imidazole rings is 2. The summed E-state index contributed by atoms with van der Waals surface area (Å²) in [6.45, 7) is -1.41. The van der Waals surface area contributed by atoms with Crippen molar-refractivity contribution in [3.63, 3.8) is 0 Å². The van der Waals surface area contributed by atoms with Gasteiger partial charge in [0.05, 0.1) is 34.6 Å². The number of hydrogen-bond acceptors (Lipinski definition) is 12. The summed E-state index contributed by atoms with van der Waals surface area (Å²) in [6, 6.07) is 26.1. The van der Waals surface area contributed by atoms with Crippen molar-refractivity contribution in [1.29, 1.82) is 0 Å². The Morgan fingerprint density at radius 2 is 1.37 bits per heavy atom. The monoisotopic (exact) mass is 943 g/mol. The second-order valence-corrected chi connectivity index (χ2v) is 16.0. The van der Waals surface area contributed by atoms with Gasteiger partial charge in [0.25, 0.3) is 0 Å². The molecule has 9 aromatic rings. The van der Waals surface area contributed by atoms with Crippen LogP contribution in [0.15, 0.2) is 128 Å². The van der Waals surface area contributed by atoms with Gasteiger partial charge in [-0.15, -0.1) is 0 Å². The molecule has 0 aliphatic carbocycles. The van der Waals surface area contributed by atoms with Gasteiger partial charge in [0.15, 0.2) is 22.3 Å². The van der Waals surface area contributed by atoms with E-state index in [9.17, 15) is 37.2 Å². The molecule has 18 nitrogen and oxygen atoms in total. The van der Waals surface area contributed by atoms with E-state index in [2.05, 4.69) is 55.4 Å². The third kappa shape index (κ3) is 10.7. The number of aromatic amines is 4. The van der Waals surface area contributed by atoms with E-state index < -0.39 is 40.8 Å². The number of rotatable bonds is 9. The largest absolute Gasteiger partial charge is 0.493 e. The summed E-state index contributed by atoms with van der Waals surface area (Å²) >= 11 is 12.1. The first kappa shape index (κ1) is 43.8. The third-order valence-corrected chi connectivity index (χ3v) is 10.8. The molecular weight excluding hydrogens is 915 g/mol. The van der Waals surface area contributed by atoms with Gasteiger partial charge in [0.1, 0.15) is 28.8 Å². The lowest BCUT2D eigenvalue weighted by atomic mass is 10.2. The number of fused-ring (bicyclic) bond motifs is 2. The topological polar surface area (TPSA) is 252 Å². The zero-order chi connectivity index (χ0) is 45.8. The van der Waals surface area contributed by atoms with Crippen molar-refractivity contribution >= 4 is 74.6 Å². The first-order valence-corrected chi connectivity index (χ1v) is 20.9. The van der Waals surface area contributed by atoms with Crippen molar-refractivity contribution in [1.82, 2.24) is 49.1 Å². The molecule has 0 aliphatic heterocycles. The van der Waals surface area contributed by atoms with E-state index in [0.717, 1.165) is 10.1 Å². The molecule has 1 unspecified atom stereocenters. The van der Waals surface area contributed by atoms with Gasteiger partial charge < -0.3 is 25.5 Å². The van der Waals surface area contributed by atoms with Crippen molar-refractivity contribution in [2.45, 2.75) is 17.0 Å². The fourth-order valence-electron chi connectivity index (χ4n) is 6.16. The van der Waals surface area contributed by atoms with E-state index in [4.69, 9.17) is 23.2 Å². The van der Waals surface area contributed by atoms with Gasteiger partial charge in [-0.3, -0.25) is 19.2 Å². The van der Waals surface area contributed by atoms with Crippen LogP contribution in [0, 0.1) is 0 Å². The van der Waals surface area contributed by atoms with Crippen molar-refractivity contribution in [2.24, 2.45) is 9.98 Å². The number of benzene rings is 3. The van der Waals surface area contributed by atoms with Crippen LogP contribution in [0.2, 0.25) is 10.0 Å². The maximum Gasteiger partial charge on any atom is 0.408 e. The molecule has 0 radical (unpaired) electrons. The summed E-state index contributed by atoms with van der Waals surface area (Å²) in [4.78, 5) is 49.3. The van der Waals surface area contributed by atoms with Crippen LogP contribution in [-0.4, -0.2) is 76.3 Å². The molecule has 3 aromatic carbocycles. The van der Waals surface area contributed by atoms with Crippen LogP contribution >= 0.6 is 23.2 Å². The molecule has 0 fully saturated rings. The summed E-state index contributed by atoms with van der Waals surface area (Å²) in [5.74, 6) is -0.240. The SMILES string of the molecule is O=c1[nH]c(O)c(C=c2cnn3c(=NCC(F)(F)F)cc(Nc4cccc(Cl)c4)nc23)[nH]1.O=c1[nH]c(O)c(C=c2cnn3c(S(=O)Cc4ccccc4)cc(=Nc4cccc(Cl)c4)nc23)[nH]1. The Morgan fingerprint density at radius 3 is 1.97 bits per heavy atom. The highest BCUT2D eigenvalue weighted by molar-refractivity contribution is 7.84.